The smallest absolute Gasteiger partial charge is 0.0436 e. The van der Waals surface area contributed by atoms with Crippen molar-refractivity contribution in [1.29, 1.82) is 0 Å². The molecule has 0 saturated carbocycles. The van der Waals surface area contributed by atoms with Crippen LogP contribution in [-0.2, 0) is 108 Å². The highest BCUT2D eigenvalue weighted by Crippen LogP contribution is 2.29. The second-order valence-electron chi connectivity index (χ2n) is 1.64. The molecule has 0 aromatic carbocycles. The maximum Gasteiger partial charge on any atom is 0.0436 e. The Morgan fingerprint density at radius 1 is 0.714 bits per heavy atom. The molecular formula is HIS13. The van der Waals surface area contributed by atoms with E-state index in [1.54, 1.807) is 0 Å². The molecule has 0 aromatic rings. The zero-order valence-corrected chi connectivity index (χ0v) is 18.6. The highest BCUT2D eigenvalue weighted by molar-refractivity contribution is 14.2. The van der Waals surface area contributed by atoms with E-state index in [-0.39, 0.29) is 0 Å². The lowest BCUT2D eigenvalue weighted by molar-refractivity contribution is 5.20. The van der Waals surface area contributed by atoms with E-state index in [0.717, 1.165) is 0 Å². The maximum atomic E-state index is 5.25. The summed E-state index contributed by atoms with van der Waals surface area (Å²) in [4.78, 5) is 0. The van der Waals surface area contributed by atoms with Gasteiger partial charge in [-0.05, 0) is 89.5 Å². The van der Waals surface area contributed by atoms with E-state index in [4.69, 9.17) is 89.5 Å². The van der Waals surface area contributed by atoms with E-state index >= 15 is 0 Å². The van der Waals surface area contributed by atoms with Crippen molar-refractivity contribution < 1.29 is 0 Å². The summed E-state index contributed by atoms with van der Waals surface area (Å²) in [6.45, 7) is 0. The molecule has 0 atom stereocenters. The SMILES string of the molecule is S=S(=S)(S)S(=S)(=S)S(=S)(=S)S(=S)(=S)I. The number of halogens is 1. The molecule has 0 saturated heterocycles. The van der Waals surface area contributed by atoms with E-state index in [1.807, 2.05) is 21.2 Å². The molecular weight excluding hydrogens is 544 g/mol. The van der Waals surface area contributed by atoms with Crippen molar-refractivity contribution in [2.24, 2.45) is 0 Å². The zero-order valence-electron chi connectivity index (χ0n) is 5.72. The first-order valence-electron chi connectivity index (χ1n) is 2.17. The van der Waals surface area contributed by atoms with Gasteiger partial charge in [0.2, 0.25) is 0 Å². The van der Waals surface area contributed by atoms with Crippen LogP contribution in [0.1, 0.15) is 0 Å². The minimum absolute atomic E-state index is 1.90. The topological polar surface area (TPSA) is 0 Å². The van der Waals surface area contributed by atoms with Gasteiger partial charge < -0.3 is 0 Å². The summed E-state index contributed by atoms with van der Waals surface area (Å²) in [5.74, 6) is 0. The van der Waals surface area contributed by atoms with Crippen molar-refractivity contribution in [2.45, 2.75) is 0 Å². The van der Waals surface area contributed by atoms with Crippen LogP contribution in [-0.4, -0.2) is 0 Å². The van der Waals surface area contributed by atoms with Crippen LogP contribution in [0, 0.1) is 0 Å². The Labute approximate surface area is 138 Å². The van der Waals surface area contributed by atoms with Gasteiger partial charge >= 0.3 is 0 Å². The first-order valence-corrected chi connectivity index (χ1v) is 21.2. The summed E-state index contributed by atoms with van der Waals surface area (Å²) >= 11 is 47.3. The molecule has 0 aromatic heterocycles. The molecule has 0 aliphatic rings. The third-order valence-corrected chi connectivity index (χ3v) is 68.6. The molecule has 14 heavy (non-hydrogen) atoms. The Bertz CT molecular complexity index is 550. The summed E-state index contributed by atoms with van der Waals surface area (Å²) in [6.07, 6.45) is 0. The number of hydrogen-bond acceptors (Lipinski definition) is 8. The molecule has 0 aliphatic heterocycles. The monoisotopic (exact) mass is 544 g/mol. The molecule has 0 rings (SSSR count). The highest BCUT2D eigenvalue weighted by Gasteiger charge is 2.25. The van der Waals surface area contributed by atoms with Crippen LogP contribution in [0.15, 0.2) is 0 Å². The highest BCUT2D eigenvalue weighted by atomic mass is 127. The Morgan fingerprint density at radius 3 is 1.07 bits per heavy atom. The molecule has 86 valence electrons. The quantitative estimate of drug-likeness (QED) is 0.241. The zero-order chi connectivity index (χ0) is 12.0. The fourth-order valence-electron chi connectivity index (χ4n) is 0.205. The molecule has 0 unspecified atom stereocenters. The summed E-state index contributed by atoms with van der Waals surface area (Å²) in [7, 11) is 0. The van der Waals surface area contributed by atoms with Crippen LogP contribution in [0.25, 0.3) is 0 Å². The van der Waals surface area contributed by atoms with Gasteiger partial charge in [0.05, 0.1) is 0 Å². The molecule has 0 nitrogen and oxygen atoms in total. The fraction of sp³-hybridized carbons (Fsp3) is 0. The van der Waals surface area contributed by atoms with E-state index in [0.29, 0.717) is 0 Å². The van der Waals surface area contributed by atoms with Crippen LogP contribution in [0.4, 0.5) is 0 Å². The van der Waals surface area contributed by atoms with Gasteiger partial charge in [0.1, 0.15) is 0 Å². The second-order valence-corrected chi connectivity index (χ2v) is 50.5. The van der Waals surface area contributed by atoms with Crippen molar-refractivity contribution >= 4 is 141 Å². The van der Waals surface area contributed by atoms with Gasteiger partial charge in [0, 0.05) is 40.2 Å². The van der Waals surface area contributed by atoms with Gasteiger partial charge in [-0.2, -0.15) is 0 Å². The summed E-state index contributed by atoms with van der Waals surface area (Å²) in [6, 6.07) is 0. The lowest BCUT2D eigenvalue weighted by Gasteiger charge is -2.19. The number of rotatable bonds is 3. The van der Waals surface area contributed by atoms with Crippen LogP contribution in [0.2, 0.25) is 0 Å². The van der Waals surface area contributed by atoms with Gasteiger partial charge in [-0.25, -0.2) is 0 Å². The third-order valence-electron chi connectivity index (χ3n) is 0.752. The average Bonchev–Trinajstić information content (AvgIpc) is 1.81. The Hall–Kier alpha value is 4.24. The molecule has 0 fully saturated rings. The van der Waals surface area contributed by atoms with Crippen LogP contribution in [0.5, 0.6) is 0 Å². The summed E-state index contributed by atoms with van der Waals surface area (Å²) in [5, 5.41) is -6.92. The lowest BCUT2D eigenvalue weighted by atomic mass is 29.9. The lowest BCUT2D eigenvalue weighted by Crippen LogP contribution is -2.18. The predicted molar refractivity (Wildman–Crippen MR) is 111 cm³/mol. The second kappa shape index (κ2) is 5.70. The van der Waals surface area contributed by atoms with Gasteiger partial charge in [-0.1, -0.05) is 11.7 Å². The van der Waals surface area contributed by atoms with E-state index in [2.05, 4.69) is 11.7 Å². The van der Waals surface area contributed by atoms with Gasteiger partial charge in [0.15, 0.2) is 0 Å². The van der Waals surface area contributed by atoms with Gasteiger partial charge in [0.25, 0.3) is 0 Å². The van der Waals surface area contributed by atoms with Crippen molar-refractivity contribution in [3.05, 3.63) is 0 Å². The molecule has 0 radical (unpaired) electrons. The Kier molecular flexibility index (Phi) is 7.43. The minimum atomic E-state index is -2.36. The molecule has 0 N–H and O–H groups in total. The molecule has 14 heteroatoms. The maximum absolute atomic E-state index is 5.25. The van der Waals surface area contributed by atoms with Gasteiger partial charge in [-0.15, -0.1) is 0 Å². The fourth-order valence-corrected chi connectivity index (χ4v) is 59.2. The molecule has 0 heterocycles. The average molecular weight is 545 g/mol. The summed E-state index contributed by atoms with van der Waals surface area (Å²) in [5.41, 5.74) is 0. The third kappa shape index (κ3) is 3.86. The number of hydrogen-bond donors (Lipinski definition) is 1. The molecule has 0 amide bonds. The summed E-state index contributed by atoms with van der Waals surface area (Å²) < 4.78 is -2.03. The molecule has 0 aliphatic carbocycles. The van der Waals surface area contributed by atoms with Crippen molar-refractivity contribution in [3.8, 4) is 0 Å². The largest absolute Gasteiger partial charge is 0.0917 e. The van der Waals surface area contributed by atoms with E-state index in [1.165, 1.54) is 0 Å². The van der Waals surface area contributed by atoms with E-state index < -0.39 is 19.0 Å². The molecule has 0 bridgehead atoms. The van der Waals surface area contributed by atoms with Crippen molar-refractivity contribution in [3.63, 3.8) is 0 Å². The first kappa shape index (κ1) is 18.2. The number of thiol groups is 1. The molecule has 0 spiro atoms. The standard InChI is InChI=1S/HIS13/c1-11(2,3)13(7,8)14(9,10)12(4,5)6/h(H,4,5,6). The Morgan fingerprint density at radius 2 is 1.00 bits per heavy atom. The van der Waals surface area contributed by atoms with Crippen molar-refractivity contribution in [1.82, 2.24) is 0 Å². The first-order chi connectivity index (χ1) is 5.75. The van der Waals surface area contributed by atoms with Crippen molar-refractivity contribution in [2.75, 3.05) is 0 Å². The van der Waals surface area contributed by atoms with Gasteiger partial charge in [-0.3, -0.25) is 0 Å². The Balaban J connectivity index is 6.44. The van der Waals surface area contributed by atoms with Crippen LogP contribution < -0.4 is 0 Å². The van der Waals surface area contributed by atoms with Crippen LogP contribution >= 0.6 is 32.9 Å². The van der Waals surface area contributed by atoms with Crippen LogP contribution in [0.3, 0.4) is 0 Å². The normalized spacial score (nSPS) is 15.3. The predicted octanol–water partition coefficient (Wildman–Crippen LogP) is 1.24. The minimum Gasteiger partial charge on any atom is -0.0917 e. The van der Waals surface area contributed by atoms with E-state index in [9.17, 15) is 0 Å².